The first-order valence-electron chi connectivity index (χ1n) is 8.38. The zero-order valence-electron chi connectivity index (χ0n) is 16.0. The van der Waals surface area contributed by atoms with E-state index in [1.807, 2.05) is 0 Å². The second-order valence-electron chi connectivity index (χ2n) is 5.49. The van der Waals surface area contributed by atoms with E-state index in [1.54, 1.807) is 32.0 Å². The molecular weight excluding hydrogens is 384 g/mol. The zero-order valence-corrected chi connectivity index (χ0v) is 16.8. The number of thioether (sulfide) groups is 1. The van der Waals surface area contributed by atoms with Gasteiger partial charge in [-0.25, -0.2) is 14.8 Å². The molecule has 10 heteroatoms. The fraction of sp³-hybridized carbons (Fsp3) is 0.333. The Labute approximate surface area is 167 Å². The van der Waals surface area contributed by atoms with Gasteiger partial charge < -0.3 is 25.3 Å². The summed E-state index contributed by atoms with van der Waals surface area (Å²) >= 11 is 1.11. The van der Waals surface area contributed by atoms with Crippen LogP contribution in [0.4, 0.5) is 11.5 Å². The van der Waals surface area contributed by atoms with Crippen LogP contribution >= 0.6 is 11.8 Å². The third-order valence-corrected chi connectivity index (χ3v) is 4.57. The number of methoxy groups -OCH3 is 2. The molecule has 1 aromatic carbocycles. The Bertz CT molecular complexity index is 862. The molecule has 2 rings (SSSR count). The first-order chi connectivity index (χ1) is 13.4. The first kappa shape index (κ1) is 21.3. The van der Waals surface area contributed by atoms with E-state index in [9.17, 15) is 9.59 Å². The molecular formula is C18H22N4O5S. The van der Waals surface area contributed by atoms with Crippen molar-refractivity contribution >= 4 is 35.1 Å². The smallest absolute Gasteiger partial charge is 0.343 e. The Hall–Kier alpha value is -3.01. The standard InChI is InChI=1S/C18H22N4O5S/c1-5-27-17(24)12-9-20-18(22-15(12)19)28-10(2)16(23)21-11-6-7-13(25-3)14(8-11)26-4/h6-10H,5H2,1-4H3,(H,21,23)(H2,19,20,22)/t10-/m1/s1. The molecule has 0 aliphatic heterocycles. The van der Waals surface area contributed by atoms with Gasteiger partial charge in [0.25, 0.3) is 0 Å². The highest BCUT2D eigenvalue weighted by Crippen LogP contribution is 2.30. The van der Waals surface area contributed by atoms with Gasteiger partial charge in [-0.3, -0.25) is 4.79 Å². The maximum Gasteiger partial charge on any atom is 0.343 e. The van der Waals surface area contributed by atoms with Gasteiger partial charge in [-0.2, -0.15) is 0 Å². The lowest BCUT2D eigenvalue weighted by molar-refractivity contribution is -0.115. The van der Waals surface area contributed by atoms with Crippen molar-refractivity contribution in [1.82, 2.24) is 9.97 Å². The Kier molecular flexibility index (Phi) is 7.44. The molecule has 0 saturated heterocycles. The van der Waals surface area contributed by atoms with Crippen molar-refractivity contribution in [3.05, 3.63) is 30.0 Å². The summed E-state index contributed by atoms with van der Waals surface area (Å²) in [7, 11) is 3.05. The number of nitrogen functional groups attached to an aromatic ring is 1. The minimum Gasteiger partial charge on any atom is -0.493 e. The summed E-state index contributed by atoms with van der Waals surface area (Å²) in [5.74, 6) is 0.229. The quantitative estimate of drug-likeness (QED) is 0.386. The summed E-state index contributed by atoms with van der Waals surface area (Å²) in [6.07, 6.45) is 1.29. The van der Waals surface area contributed by atoms with Crippen LogP contribution in [0.1, 0.15) is 24.2 Å². The summed E-state index contributed by atoms with van der Waals surface area (Å²) in [5, 5.41) is 2.56. The largest absolute Gasteiger partial charge is 0.493 e. The molecule has 0 fully saturated rings. The summed E-state index contributed by atoms with van der Waals surface area (Å²) in [5.41, 5.74) is 6.45. The van der Waals surface area contributed by atoms with Crippen LogP contribution in [0.5, 0.6) is 11.5 Å². The predicted molar refractivity (Wildman–Crippen MR) is 106 cm³/mol. The van der Waals surface area contributed by atoms with E-state index in [2.05, 4.69) is 15.3 Å². The van der Waals surface area contributed by atoms with E-state index in [4.69, 9.17) is 19.9 Å². The average molecular weight is 406 g/mol. The summed E-state index contributed by atoms with van der Waals surface area (Å²) in [6.45, 7) is 3.62. The van der Waals surface area contributed by atoms with E-state index in [0.29, 0.717) is 17.2 Å². The number of hydrogen-bond acceptors (Lipinski definition) is 9. The predicted octanol–water partition coefficient (Wildman–Crippen LogP) is 2.37. The molecule has 0 bridgehead atoms. The maximum absolute atomic E-state index is 12.5. The minimum atomic E-state index is -0.587. The Morgan fingerprint density at radius 1 is 1.25 bits per heavy atom. The van der Waals surface area contributed by atoms with Crippen LogP contribution in [0, 0.1) is 0 Å². The molecule has 1 heterocycles. The van der Waals surface area contributed by atoms with Gasteiger partial charge in [0.15, 0.2) is 16.7 Å². The number of hydrogen-bond donors (Lipinski definition) is 2. The number of rotatable bonds is 8. The number of carbonyl (C=O) groups excluding carboxylic acids is 2. The molecule has 0 unspecified atom stereocenters. The van der Waals surface area contributed by atoms with E-state index < -0.39 is 11.2 Å². The van der Waals surface area contributed by atoms with Crippen molar-refractivity contribution in [3.8, 4) is 11.5 Å². The molecule has 0 aliphatic carbocycles. The maximum atomic E-state index is 12.5. The lowest BCUT2D eigenvalue weighted by atomic mass is 10.2. The number of benzene rings is 1. The third kappa shape index (κ3) is 5.26. The number of nitrogens with zero attached hydrogens (tertiary/aromatic N) is 2. The number of nitrogens with two attached hydrogens (primary N) is 1. The Morgan fingerprint density at radius 2 is 1.96 bits per heavy atom. The molecule has 0 aliphatic rings. The van der Waals surface area contributed by atoms with E-state index in [0.717, 1.165) is 11.8 Å². The van der Waals surface area contributed by atoms with Gasteiger partial charge in [-0.1, -0.05) is 11.8 Å². The number of esters is 1. The van der Waals surface area contributed by atoms with Gasteiger partial charge in [-0.05, 0) is 26.0 Å². The first-order valence-corrected chi connectivity index (χ1v) is 9.26. The molecule has 9 nitrogen and oxygen atoms in total. The fourth-order valence-electron chi connectivity index (χ4n) is 2.17. The van der Waals surface area contributed by atoms with Gasteiger partial charge in [0, 0.05) is 18.0 Å². The molecule has 1 atom stereocenters. The second kappa shape index (κ2) is 9.79. The van der Waals surface area contributed by atoms with Gasteiger partial charge in [-0.15, -0.1) is 0 Å². The average Bonchev–Trinajstić information content (AvgIpc) is 2.67. The van der Waals surface area contributed by atoms with Crippen LogP contribution in [0.2, 0.25) is 0 Å². The summed E-state index contributed by atoms with van der Waals surface area (Å²) in [4.78, 5) is 32.3. The van der Waals surface area contributed by atoms with Gasteiger partial charge >= 0.3 is 5.97 Å². The Morgan fingerprint density at radius 3 is 2.57 bits per heavy atom. The molecule has 0 radical (unpaired) electrons. The van der Waals surface area contributed by atoms with Gasteiger partial charge in [0.2, 0.25) is 5.91 Å². The lowest BCUT2D eigenvalue weighted by Crippen LogP contribution is -2.23. The summed E-state index contributed by atoms with van der Waals surface area (Å²) < 4.78 is 15.3. The van der Waals surface area contributed by atoms with Crippen LogP contribution in [-0.2, 0) is 9.53 Å². The number of carbonyl (C=O) groups is 2. The third-order valence-electron chi connectivity index (χ3n) is 3.59. The van der Waals surface area contributed by atoms with Crippen molar-refractivity contribution in [1.29, 1.82) is 0 Å². The summed E-state index contributed by atoms with van der Waals surface area (Å²) in [6, 6.07) is 5.07. The topological polar surface area (TPSA) is 126 Å². The van der Waals surface area contributed by atoms with Crippen molar-refractivity contribution in [3.63, 3.8) is 0 Å². The normalized spacial score (nSPS) is 11.4. The molecule has 1 amide bonds. The van der Waals surface area contributed by atoms with Crippen LogP contribution in [0.3, 0.4) is 0 Å². The molecule has 3 N–H and O–H groups in total. The number of anilines is 2. The number of ether oxygens (including phenoxy) is 3. The zero-order chi connectivity index (χ0) is 20.7. The van der Waals surface area contributed by atoms with Crippen LogP contribution in [0.15, 0.2) is 29.6 Å². The molecule has 1 aromatic heterocycles. The lowest BCUT2D eigenvalue weighted by Gasteiger charge is -2.13. The molecule has 0 saturated carbocycles. The Balaban J connectivity index is 2.04. The molecule has 0 spiro atoms. The van der Waals surface area contributed by atoms with Crippen LogP contribution < -0.4 is 20.5 Å². The van der Waals surface area contributed by atoms with Crippen LogP contribution in [0.25, 0.3) is 0 Å². The van der Waals surface area contributed by atoms with Gasteiger partial charge in [0.1, 0.15) is 11.4 Å². The SMILES string of the molecule is CCOC(=O)c1cnc(S[C@H](C)C(=O)Nc2ccc(OC)c(OC)c2)nc1N. The number of amides is 1. The van der Waals surface area contributed by atoms with Gasteiger partial charge in [0.05, 0.1) is 26.1 Å². The van der Waals surface area contributed by atoms with E-state index >= 15 is 0 Å². The highest BCUT2D eigenvalue weighted by atomic mass is 32.2. The number of aromatic nitrogens is 2. The molecule has 2 aromatic rings. The highest BCUT2D eigenvalue weighted by molar-refractivity contribution is 8.00. The molecule has 28 heavy (non-hydrogen) atoms. The molecule has 150 valence electrons. The fourth-order valence-corrected chi connectivity index (χ4v) is 2.92. The highest BCUT2D eigenvalue weighted by Gasteiger charge is 2.19. The van der Waals surface area contributed by atoms with Crippen LogP contribution in [-0.4, -0.2) is 47.9 Å². The number of nitrogens with one attached hydrogen (secondary N) is 1. The van der Waals surface area contributed by atoms with Crippen molar-refractivity contribution < 1.29 is 23.8 Å². The van der Waals surface area contributed by atoms with Crippen molar-refractivity contribution in [2.75, 3.05) is 31.9 Å². The second-order valence-corrected chi connectivity index (χ2v) is 6.80. The minimum absolute atomic E-state index is 0.00319. The van der Waals surface area contributed by atoms with Crippen molar-refractivity contribution in [2.45, 2.75) is 24.3 Å². The monoisotopic (exact) mass is 406 g/mol. The van der Waals surface area contributed by atoms with Crippen molar-refractivity contribution in [2.24, 2.45) is 0 Å². The van der Waals surface area contributed by atoms with E-state index in [1.165, 1.54) is 20.4 Å². The van der Waals surface area contributed by atoms with E-state index in [-0.39, 0.29) is 29.1 Å².